The minimum atomic E-state index is 0.377. The average molecular weight is 98.1 g/mol. The summed E-state index contributed by atoms with van der Waals surface area (Å²) in [5.74, 6) is 0.377. The molecule has 0 atom stereocenters. The van der Waals surface area contributed by atoms with E-state index >= 15 is 0 Å². The van der Waals surface area contributed by atoms with Crippen molar-refractivity contribution in [2.24, 2.45) is 4.99 Å². The quantitative estimate of drug-likeness (QED) is 0.381. The first-order chi connectivity index (χ1) is 3.27. The highest BCUT2D eigenvalue weighted by Crippen LogP contribution is 1.71. The van der Waals surface area contributed by atoms with Crippen LogP contribution in [0.5, 0.6) is 0 Å². The van der Waals surface area contributed by atoms with Crippen LogP contribution in [-0.2, 0) is 0 Å². The second-order valence-corrected chi connectivity index (χ2v) is 1.31. The van der Waals surface area contributed by atoms with Gasteiger partial charge in [0.05, 0.1) is 0 Å². The van der Waals surface area contributed by atoms with Crippen LogP contribution in [0.15, 0.2) is 4.99 Å². The molecule has 0 unspecified atom stereocenters. The Morgan fingerprint density at radius 3 is 2.57 bits per heavy atom. The summed E-state index contributed by atoms with van der Waals surface area (Å²) in [6.07, 6.45) is 2.64. The zero-order valence-corrected chi connectivity index (χ0v) is 4.73. The fourth-order valence-electron chi connectivity index (χ4n) is 0.228. The van der Waals surface area contributed by atoms with Crippen LogP contribution >= 0.6 is 0 Å². The Hall–Kier alpha value is -0.660. The number of aliphatic imine (C=N–C) groups is 1. The number of nitrogens with one attached hydrogen (secondary N) is 1. The number of rotatable bonds is 1. The molecule has 0 aromatic carbocycles. The van der Waals surface area contributed by atoms with Crippen LogP contribution in [0.4, 0.5) is 0 Å². The van der Waals surface area contributed by atoms with E-state index in [2.05, 4.69) is 4.99 Å². The van der Waals surface area contributed by atoms with E-state index in [0.29, 0.717) is 5.84 Å². The topological polar surface area (TPSA) is 36.2 Å². The van der Waals surface area contributed by atoms with Crippen LogP contribution in [0.1, 0.15) is 20.3 Å². The first-order valence-corrected chi connectivity index (χ1v) is 2.35. The second-order valence-electron chi connectivity index (χ2n) is 1.31. The molecule has 0 bridgehead atoms. The van der Waals surface area contributed by atoms with Gasteiger partial charge in [-0.3, -0.25) is 5.41 Å². The molecule has 7 heavy (non-hydrogen) atoms. The maximum Gasteiger partial charge on any atom is 0.116 e. The summed E-state index contributed by atoms with van der Waals surface area (Å²) in [5, 5.41) is 6.80. The SMILES string of the molecule is CC/C=N\C(C)=N. The summed E-state index contributed by atoms with van der Waals surface area (Å²) in [5.41, 5.74) is 0. The smallest absolute Gasteiger partial charge is 0.116 e. The Labute approximate surface area is 43.8 Å². The summed E-state index contributed by atoms with van der Waals surface area (Å²) in [7, 11) is 0. The average Bonchev–Trinajstić information content (AvgIpc) is 1.61. The van der Waals surface area contributed by atoms with Gasteiger partial charge in [0.15, 0.2) is 0 Å². The molecular formula is C5H10N2. The predicted molar refractivity (Wildman–Crippen MR) is 32.2 cm³/mol. The van der Waals surface area contributed by atoms with Crippen molar-refractivity contribution >= 4 is 12.1 Å². The lowest BCUT2D eigenvalue weighted by atomic mass is 10.5. The van der Waals surface area contributed by atoms with Crippen molar-refractivity contribution in [3.8, 4) is 0 Å². The molecule has 0 saturated heterocycles. The van der Waals surface area contributed by atoms with Gasteiger partial charge in [-0.2, -0.15) is 0 Å². The van der Waals surface area contributed by atoms with Crippen molar-refractivity contribution < 1.29 is 0 Å². The van der Waals surface area contributed by atoms with E-state index in [4.69, 9.17) is 5.41 Å². The highest BCUT2D eigenvalue weighted by molar-refractivity contribution is 5.84. The molecule has 0 aromatic rings. The lowest BCUT2D eigenvalue weighted by Gasteiger charge is -1.78. The van der Waals surface area contributed by atoms with E-state index in [9.17, 15) is 0 Å². The van der Waals surface area contributed by atoms with Gasteiger partial charge >= 0.3 is 0 Å². The third-order valence-corrected chi connectivity index (χ3v) is 0.468. The van der Waals surface area contributed by atoms with Gasteiger partial charge in [0.1, 0.15) is 5.84 Å². The monoisotopic (exact) mass is 98.1 g/mol. The molecule has 0 aliphatic rings. The van der Waals surface area contributed by atoms with Crippen molar-refractivity contribution in [3.63, 3.8) is 0 Å². The minimum absolute atomic E-state index is 0.377. The van der Waals surface area contributed by atoms with Crippen molar-refractivity contribution in [1.29, 1.82) is 5.41 Å². The van der Waals surface area contributed by atoms with Crippen LogP contribution in [0, 0.1) is 5.41 Å². The molecule has 0 amide bonds. The van der Waals surface area contributed by atoms with Crippen LogP contribution < -0.4 is 0 Å². The zero-order valence-electron chi connectivity index (χ0n) is 4.73. The highest BCUT2D eigenvalue weighted by Gasteiger charge is 1.70. The van der Waals surface area contributed by atoms with Crippen molar-refractivity contribution in [2.75, 3.05) is 0 Å². The third-order valence-electron chi connectivity index (χ3n) is 0.468. The Kier molecular flexibility index (Phi) is 3.19. The molecule has 0 aromatic heterocycles. The largest absolute Gasteiger partial charge is 0.287 e. The van der Waals surface area contributed by atoms with Crippen LogP contribution in [-0.4, -0.2) is 12.1 Å². The van der Waals surface area contributed by atoms with Gasteiger partial charge in [-0.1, -0.05) is 6.92 Å². The molecule has 0 radical (unpaired) electrons. The van der Waals surface area contributed by atoms with Crippen LogP contribution in [0.25, 0.3) is 0 Å². The molecular weight excluding hydrogens is 88.1 g/mol. The van der Waals surface area contributed by atoms with E-state index in [1.165, 1.54) is 0 Å². The predicted octanol–water partition coefficient (Wildman–Crippen LogP) is 1.46. The summed E-state index contributed by atoms with van der Waals surface area (Å²) < 4.78 is 0. The number of hydrogen-bond acceptors (Lipinski definition) is 1. The standard InChI is InChI=1S/C5H10N2/c1-3-4-7-5(2)6/h4,6H,3H2,1-2H3/b6-5?,7-4-. The Bertz CT molecular complexity index is 84.1. The molecule has 2 nitrogen and oxygen atoms in total. The fourth-order valence-corrected chi connectivity index (χ4v) is 0.228. The lowest BCUT2D eigenvalue weighted by Crippen LogP contribution is -1.79. The van der Waals surface area contributed by atoms with Crippen molar-refractivity contribution in [3.05, 3.63) is 0 Å². The maximum absolute atomic E-state index is 6.80. The van der Waals surface area contributed by atoms with E-state index < -0.39 is 0 Å². The Morgan fingerprint density at radius 2 is 2.43 bits per heavy atom. The van der Waals surface area contributed by atoms with Crippen molar-refractivity contribution in [1.82, 2.24) is 0 Å². The van der Waals surface area contributed by atoms with Crippen molar-refractivity contribution in [2.45, 2.75) is 20.3 Å². The molecule has 0 aliphatic heterocycles. The molecule has 0 aliphatic carbocycles. The Morgan fingerprint density at radius 1 is 1.86 bits per heavy atom. The van der Waals surface area contributed by atoms with Gasteiger partial charge in [-0.15, -0.1) is 0 Å². The zero-order chi connectivity index (χ0) is 5.70. The van der Waals surface area contributed by atoms with E-state index in [0.717, 1.165) is 6.42 Å². The van der Waals surface area contributed by atoms with E-state index in [1.807, 2.05) is 6.92 Å². The minimum Gasteiger partial charge on any atom is -0.287 e. The first-order valence-electron chi connectivity index (χ1n) is 2.35. The molecule has 0 saturated carbocycles. The number of hydrogen-bond donors (Lipinski definition) is 1. The molecule has 1 N–H and O–H groups in total. The number of nitrogens with zero attached hydrogens (tertiary/aromatic N) is 1. The molecule has 2 heteroatoms. The van der Waals surface area contributed by atoms with Gasteiger partial charge in [-0.05, 0) is 13.3 Å². The van der Waals surface area contributed by atoms with Crippen LogP contribution in [0.3, 0.4) is 0 Å². The normalized spacial score (nSPS) is 10.0. The molecule has 0 spiro atoms. The highest BCUT2D eigenvalue weighted by atomic mass is 14.8. The number of amidine groups is 1. The molecule has 40 valence electrons. The van der Waals surface area contributed by atoms with Crippen LogP contribution in [0.2, 0.25) is 0 Å². The van der Waals surface area contributed by atoms with Gasteiger partial charge in [0.25, 0.3) is 0 Å². The molecule has 0 fully saturated rings. The fraction of sp³-hybridized carbons (Fsp3) is 0.600. The molecule has 0 heterocycles. The second kappa shape index (κ2) is 3.53. The van der Waals surface area contributed by atoms with E-state index in [-0.39, 0.29) is 0 Å². The van der Waals surface area contributed by atoms with Gasteiger partial charge in [0, 0.05) is 6.21 Å². The van der Waals surface area contributed by atoms with Gasteiger partial charge < -0.3 is 0 Å². The van der Waals surface area contributed by atoms with E-state index in [1.54, 1.807) is 13.1 Å². The Balaban J connectivity index is 3.26. The van der Waals surface area contributed by atoms with Gasteiger partial charge in [0.2, 0.25) is 0 Å². The summed E-state index contributed by atoms with van der Waals surface area (Å²) in [4.78, 5) is 3.70. The summed E-state index contributed by atoms with van der Waals surface area (Å²) in [6.45, 7) is 3.65. The molecule has 0 rings (SSSR count). The maximum atomic E-state index is 6.80. The summed E-state index contributed by atoms with van der Waals surface area (Å²) >= 11 is 0. The first kappa shape index (κ1) is 6.34. The van der Waals surface area contributed by atoms with Gasteiger partial charge in [-0.25, -0.2) is 4.99 Å². The lowest BCUT2D eigenvalue weighted by molar-refractivity contribution is 1.31. The third kappa shape index (κ3) is 5.34. The summed E-state index contributed by atoms with van der Waals surface area (Å²) in [6, 6.07) is 0.